The van der Waals surface area contributed by atoms with E-state index in [1.54, 1.807) is 19.5 Å². The summed E-state index contributed by atoms with van der Waals surface area (Å²) in [4.78, 5) is 4.00. The summed E-state index contributed by atoms with van der Waals surface area (Å²) in [6.45, 7) is 5.21. The molecule has 96 valence electrons. The predicted molar refractivity (Wildman–Crippen MR) is 71.5 cm³/mol. The van der Waals surface area contributed by atoms with E-state index in [1.165, 1.54) is 0 Å². The molecule has 0 aliphatic rings. The minimum Gasteiger partial charge on any atom is -0.380 e. The van der Waals surface area contributed by atoms with Gasteiger partial charge in [0.25, 0.3) is 0 Å². The van der Waals surface area contributed by atoms with Crippen LogP contribution in [-0.4, -0.2) is 30.8 Å². The molecular weight excluding hydrogens is 236 g/mol. The van der Waals surface area contributed by atoms with Crippen LogP contribution in [0.3, 0.4) is 0 Å². The maximum absolute atomic E-state index is 6.12. The Bertz CT molecular complexity index is 333. The Morgan fingerprint density at radius 3 is 2.88 bits per heavy atom. The summed E-state index contributed by atoms with van der Waals surface area (Å²) in [5.74, 6) is 0. The molecule has 0 aliphatic carbocycles. The molecule has 1 heterocycles. The molecule has 1 N–H and O–H groups in total. The van der Waals surface area contributed by atoms with Crippen molar-refractivity contribution in [2.45, 2.75) is 38.8 Å². The third-order valence-electron chi connectivity index (χ3n) is 2.89. The van der Waals surface area contributed by atoms with Gasteiger partial charge in [-0.2, -0.15) is 0 Å². The van der Waals surface area contributed by atoms with Gasteiger partial charge in [-0.15, -0.1) is 0 Å². The van der Waals surface area contributed by atoms with Gasteiger partial charge in [0.2, 0.25) is 0 Å². The van der Waals surface area contributed by atoms with E-state index in [0.717, 1.165) is 30.0 Å². The average Bonchev–Trinajstić information content (AvgIpc) is 2.35. The first-order valence-electron chi connectivity index (χ1n) is 6.03. The van der Waals surface area contributed by atoms with E-state index >= 15 is 0 Å². The van der Waals surface area contributed by atoms with Crippen LogP contribution in [0.5, 0.6) is 0 Å². The molecule has 1 rings (SSSR count). The molecule has 1 aromatic rings. The highest BCUT2D eigenvalue weighted by molar-refractivity contribution is 6.31. The van der Waals surface area contributed by atoms with E-state index in [0.29, 0.717) is 0 Å². The highest BCUT2D eigenvalue weighted by atomic mass is 35.5. The van der Waals surface area contributed by atoms with Crippen molar-refractivity contribution < 1.29 is 4.74 Å². The maximum Gasteiger partial charge on any atom is 0.0699 e. The molecule has 1 aromatic heterocycles. The molecule has 3 nitrogen and oxygen atoms in total. The second kappa shape index (κ2) is 7.64. The van der Waals surface area contributed by atoms with Crippen LogP contribution < -0.4 is 5.32 Å². The molecule has 2 unspecified atom stereocenters. The fourth-order valence-electron chi connectivity index (χ4n) is 1.70. The van der Waals surface area contributed by atoms with Crippen LogP contribution in [0, 0.1) is 0 Å². The SMILES string of the molecule is CCCNC(Cc1ccncc1Cl)C(C)OC. The summed E-state index contributed by atoms with van der Waals surface area (Å²) < 4.78 is 5.40. The van der Waals surface area contributed by atoms with Gasteiger partial charge in [0.05, 0.1) is 11.1 Å². The van der Waals surface area contributed by atoms with E-state index in [2.05, 4.69) is 24.1 Å². The molecule has 0 fully saturated rings. The molecule has 2 atom stereocenters. The number of nitrogens with zero attached hydrogens (tertiary/aromatic N) is 1. The molecule has 4 heteroatoms. The third-order valence-corrected chi connectivity index (χ3v) is 3.23. The number of methoxy groups -OCH3 is 1. The summed E-state index contributed by atoms with van der Waals surface area (Å²) >= 11 is 6.12. The topological polar surface area (TPSA) is 34.2 Å². The first-order chi connectivity index (χ1) is 8.19. The molecule has 0 saturated heterocycles. The second-order valence-electron chi connectivity index (χ2n) is 4.17. The summed E-state index contributed by atoms with van der Waals surface area (Å²) in [5.41, 5.74) is 1.11. The molecule has 0 spiro atoms. The quantitative estimate of drug-likeness (QED) is 0.815. The molecule has 0 amide bonds. The van der Waals surface area contributed by atoms with Gasteiger partial charge in [-0.1, -0.05) is 18.5 Å². The zero-order valence-electron chi connectivity index (χ0n) is 10.7. The van der Waals surface area contributed by atoms with Gasteiger partial charge in [-0.05, 0) is 37.9 Å². The monoisotopic (exact) mass is 256 g/mol. The van der Waals surface area contributed by atoms with Crippen molar-refractivity contribution in [3.8, 4) is 0 Å². The van der Waals surface area contributed by atoms with Crippen molar-refractivity contribution in [1.82, 2.24) is 10.3 Å². The zero-order valence-corrected chi connectivity index (χ0v) is 11.5. The molecule has 0 radical (unpaired) electrons. The standard InChI is InChI=1S/C13H21ClN2O/c1-4-6-16-13(10(2)17-3)8-11-5-7-15-9-12(11)14/h5,7,9-10,13,16H,4,6,8H2,1-3H3. The van der Waals surface area contributed by atoms with E-state index in [-0.39, 0.29) is 12.1 Å². The summed E-state index contributed by atoms with van der Waals surface area (Å²) in [7, 11) is 1.74. The van der Waals surface area contributed by atoms with Gasteiger partial charge in [-0.3, -0.25) is 4.98 Å². The van der Waals surface area contributed by atoms with Crippen molar-refractivity contribution >= 4 is 11.6 Å². The van der Waals surface area contributed by atoms with Crippen molar-refractivity contribution in [3.63, 3.8) is 0 Å². The number of rotatable bonds is 7. The van der Waals surface area contributed by atoms with Crippen molar-refractivity contribution in [2.75, 3.05) is 13.7 Å². The first kappa shape index (κ1) is 14.4. The number of nitrogens with one attached hydrogen (secondary N) is 1. The number of pyridine rings is 1. The molecule has 0 bridgehead atoms. The normalized spacial score (nSPS) is 14.6. The van der Waals surface area contributed by atoms with Crippen LogP contribution in [-0.2, 0) is 11.2 Å². The van der Waals surface area contributed by atoms with Crippen LogP contribution in [0.2, 0.25) is 5.02 Å². The van der Waals surface area contributed by atoms with Crippen LogP contribution in [0.4, 0.5) is 0 Å². The van der Waals surface area contributed by atoms with Gasteiger partial charge < -0.3 is 10.1 Å². The Morgan fingerprint density at radius 1 is 1.53 bits per heavy atom. The molecule has 17 heavy (non-hydrogen) atoms. The summed E-state index contributed by atoms with van der Waals surface area (Å²) in [6, 6.07) is 2.24. The van der Waals surface area contributed by atoms with E-state index < -0.39 is 0 Å². The molecule has 0 aliphatic heterocycles. The lowest BCUT2D eigenvalue weighted by molar-refractivity contribution is 0.0831. The summed E-state index contributed by atoms with van der Waals surface area (Å²) in [5, 5.41) is 4.21. The predicted octanol–water partition coefficient (Wildman–Crippen LogP) is 2.68. The highest BCUT2D eigenvalue weighted by Gasteiger charge is 2.17. The van der Waals surface area contributed by atoms with Crippen molar-refractivity contribution in [3.05, 3.63) is 29.0 Å². The smallest absolute Gasteiger partial charge is 0.0699 e. The van der Waals surface area contributed by atoms with E-state index in [1.807, 2.05) is 6.07 Å². The van der Waals surface area contributed by atoms with Crippen LogP contribution >= 0.6 is 11.6 Å². The molecular formula is C13H21ClN2O. The third kappa shape index (κ3) is 4.62. The Kier molecular flexibility index (Phi) is 6.48. The number of ether oxygens (including phenoxy) is 1. The van der Waals surface area contributed by atoms with Crippen LogP contribution in [0.25, 0.3) is 0 Å². The van der Waals surface area contributed by atoms with Crippen molar-refractivity contribution in [2.24, 2.45) is 0 Å². The van der Waals surface area contributed by atoms with Gasteiger partial charge in [0.15, 0.2) is 0 Å². The maximum atomic E-state index is 6.12. The van der Waals surface area contributed by atoms with Crippen LogP contribution in [0.1, 0.15) is 25.8 Å². The molecule has 0 aromatic carbocycles. The number of aromatic nitrogens is 1. The fraction of sp³-hybridized carbons (Fsp3) is 0.615. The lowest BCUT2D eigenvalue weighted by Crippen LogP contribution is -2.41. The Morgan fingerprint density at radius 2 is 2.29 bits per heavy atom. The Labute approximate surface area is 109 Å². The van der Waals surface area contributed by atoms with E-state index in [4.69, 9.17) is 16.3 Å². The van der Waals surface area contributed by atoms with Gasteiger partial charge in [0, 0.05) is 25.5 Å². The lowest BCUT2D eigenvalue weighted by Gasteiger charge is -2.24. The lowest BCUT2D eigenvalue weighted by atomic mass is 10.0. The average molecular weight is 257 g/mol. The van der Waals surface area contributed by atoms with Gasteiger partial charge in [-0.25, -0.2) is 0 Å². The minimum absolute atomic E-state index is 0.158. The van der Waals surface area contributed by atoms with Gasteiger partial charge in [0.1, 0.15) is 0 Å². The van der Waals surface area contributed by atoms with E-state index in [9.17, 15) is 0 Å². The molecule has 0 saturated carbocycles. The minimum atomic E-state index is 0.158. The second-order valence-corrected chi connectivity index (χ2v) is 4.58. The number of halogens is 1. The number of hydrogen-bond acceptors (Lipinski definition) is 3. The Hall–Kier alpha value is -0.640. The largest absolute Gasteiger partial charge is 0.380 e. The highest BCUT2D eigenvalue weighted by Crippen LogP contribution is 2.17. The number of hydrogen-bond donors (Lipinski definition) is 1. The fourth-order valence-corrected chi connectivity index (χ4v) is 1.90. The summed E-state index contributed by atoms with van der Waals surface area (Å²) in [6.07, 6.45) is 5.58. The van der Waals surface area contributed by atoms with Crippen LogP contribution in [0.15, 0.2) is 18.5 Å². The first-order valence-corrected chi connectivity index (χ1v) is 6.41. The zero-order chi connectivity index (χ0) is 12.7. The van der Waals surface area contributed by atoms with Crippen molar-refractivity contribution in [1.29, 1.82) is 0 Å². The van der Waals surface area contributed by atoms with Gasteiger partial charge >= 0.3 is 0 Å². The Balaban J connectivity index is 2.68.